The van der Waals surface area contributed by atoms with Gasteiger partial charge in [-0.3, -0.25) is 4.79 Å². The van der Waals surface area contributed by atoms with Gasteiger partial charge in [0.2, 0.25) is 15.9 Å². The predicted octanol–water partition coefficient (Wildman–Crippen LogP) is 2.81. The second-order valence-corrected chi connectivity index (χ2v) is 9.66. The van der Waals surface area contributed by atoms with E-state index >= 15 is 0 Å². The molecule has 0 atom stereocenters. The van der Waals surface area contributed by atoms with Crippen molar-refractivity contribution in [3.63, 3.8) is 0 Å². The maximum absolute atomic E-state index is 12.4. The average Bonchev–Trinajstić information content (AvgIpc) is 3.21. The number of halogens is 1. The molecule has 1 aromatic carbocycles. The molecule has 0 radical (unpaired) electrons. The zero-order valence-corrected chi connectivity index (χ0v) is 17.2. The van der Waals surface area contributed by atoms with Gasteiger partial charge in [-0.05, 0) is 36.1 Å². The molecule has 0 aliphatic carbocycles. The molecule has 1 saturated heterocycles. The van der Waals surface area contributed by atoms with Crippen molar-refractivity contribution in [2.75, 3.05) is 37.6 Å². The summed E-state index contributed by atoms with van der Waals surface area (Å²) in [7, 11) is -3.46. The lowest BCUT2D eigenvalue weighted by Crippen LogP contribution is -2.48. The minimum absolute atomic E-state index is 0.0658. The molecule has 146 valence electrons. The van der Waals surface area contributed by atoms with Crippen LogP contribution in [0.25, 0.3) is 0 Å². The van der Waals surface area contributed by atoms with Gasteiger partial charge in [0.15, 0.2) is 0 Å². The van der Waals surface area contributed by atoms with E-state index in [1.165, 1.54) is 11.3 Å². The van der Waals surface area contributed by atoms with Gasteiger partial charge in [0.1, 0.15) is 4.21 Å². The van der Waals surface area contributed by atoms with E-state index in [2.05, 4.69) is 9.62 Å². The van der Waals surface area contributed by atoms with Crippen molar-refractivity contribution in [3.8, 4) is 0 Å². The van der Waals surface area contributed by atoms with Gasteiger partial charge in [-0.2, -0.15) is 0 Å². The van der Waals surface area contributed by atoms with Crippen LogP contribution in [0.15, 0.2) is 46.0 Å². The topological polar surface area (TPSA) is 69.7 Å². The number of carbonyl (C=O) groups is 1. The second kappa shape index (κ2) is 9.05. The van der Waals surface area contributed by atoms with Crippen molar-refractivity contribution >= 4 is 44.6 Å². The van der Waals surface area contributed by atoms with Crippen LogP contribution in [0.4, 0.5) is 5.69 Å². The van der Waals surface area contributed by atoms with E-state index in [0.717, 1.165) is 18.8 Å². The fourth-order valence-corrected chi connectivity index (χ4v) is 5.27. The molecule has 27 heavy (non-hydrogen) atoms. The summed E-state index contributed by atoms with van der Waals surface area (Å²) in [5.41, 5.74) is 1.07. The number of anilines is 1. The fourth-order valence-electron chi connectivity index (χ4n) is 2.98. The third-order valence-electron chi connectivity index (χ3n) is 4.43. The molecular weight excluding hydrogens is 406 g/mol. The van der Waals surface area contributed by atoms with E-state index in [-0.39, 0.29) is 12.5 Å². The molecule has 1 fully saturated rings. The van der Waals surface area contributed by atoms with Gasteiger partial charge in [-0.25, -0.2) is 13.1 Å². The number of benzene rings is 1. The maximum atomic E-state index is 12.4. The summed E-state index contributed by atoms with van der Waals surface area (Å²) in [6.07, 6.45) is 0.821. The minimum atomic E-state index is -3.46. The maximum Gasteiger partial charge on any atom is 0.250 e. The standard InChI is InChI=1S/C18H22ClN3O3S2/c19-15-4-1-5-16(14-15)21-9-11-22(12-10-21)17(23)6-2-8-20-27(24,25)18-7-3-13-26-18/h1,3-5,7,13-14,20H,2,6,8-12H2. The SMILES string of the molecule is O=C(CCCNS(=O)(=O)c1cccs1)N1CCN(c2cccc(Cl)c2)CC1. The van der Waals surface area contributed by atoms with E-state index < -0.39 is 10.0 Å². The Morgan fingerprint density at radius 3 is 2.59 bits per heavy atom. The Hall–Kier alpha value is -1.61. The third kappa shape index (κ3) is 5.44. The van der Waals surface area contributed by atoms with E-state index in [1.54, 1.807) is 17.5 Å². The van der Waals surface area contributed by atoms with Crippen molar-refractivity contribution < 1.29 is 13.2 Å². The van der Waals surface area contributed by atoms with Crippen LogP contribution in [0.5, 0.6) is 0 Å². The smallest absolute Gasteiger partial charge is 0.250 e. The molecule has 1 aliphatic rings. The van der Waals surface area contributed by atoms with Gasteiger partial charge in [0, 0.05) is 49.9 Å². The molecule has 1 aromatic heterocycles. The first-order valence-electron chi connectivity index (χ1n) is 8.77. The Labute approximate surface area is 168 Å². The highest BCUT2D eigenvalue weighted by atomic mass is 35.5. The molecule has 2 heterocycles. The lowest BCUT2D eigenvalue weighted by atomic mass is 10.2. The molecule has 0 spiro atoms. The molecule has 1 aliphatic heterocycles. The molecule has 1 N–H and O–H groups in total. The van der Waals surface area contributed by atoms with Gasteiger partial charge < -0.3 is 9.80 Å². The normalized spacial score (nSPS) is 15.1. The quantitative estimate of drug-likeness (QED) is 0.690. The van der Waals surface area contributed by atoms with E-state index in [1.807, 2.05) is 29.2 Å². The molecule has 9 heteroatoms. The fraction of sp³-hybridized carbons (Fsp3) is 0.389. The largest absolute Gasteiger partial charge is 0.368 e. The van der Waals surface area contributed by atoms with Crippen molar-refractivity contribution in [2.24, 2.45) is 0 Å². The lowest BCUT2D eigenvalue weighted by Gasteiger charge is -2.36. The Morgan fingerprint density at radius 1 is 1.15 bits per heavy atom. The van der Waals surface area contributed by atoms with E-state index in [9.17, 15) is 13.2 Å². The van der Waals surface area contributed by atoms with Crippen LogP contribution in [0.1, 0.15) is 12.8 Å². The van der Waals surface area contributed by atoms with Crippen LogP contribution in [-0.2, 0) is 14.8 Å². The van der Waals surface area contributed by atoms with E-state index in [0.29, 0.717) is 35.2 Å². The van der Waals surface area contributed by atoms with Crippen LogP contribution < -0.4 is 9.62 Å². The van der Waals surface area contributed by atoms with Crippen LogP contribution in [0.2, 0.25) is 5.02 Å². The van der Waals surface area contributed by atoms with Gasteiger partial charge in [0.05, 0.1) is 0 Å². The zero-order chi connectivity index (χ0) is 19.3. The summed E-state index contributed by atoms with van der Waals surface area (Å²) in [5, 5.41) is 2.43. The Morgan fingerprint density at radius 2 is 1.93 bits per heavy atom. The summed E-state index contributed by atoms with van der Waals surface area (Å²) in [4.78, 5) is 16.4. The molecular formula is C18H22ClN3O3S2. The molecule has 3 rings (SSSR count). The number of sulfonamides is 1. The monoisotopic (exact) mass is 427 g/mol. The van der Waals surface area contributed by atoms with Crippen molar-refractivity contribution in [1.29, 1.82) is 0 Å². The number of hydrogen-bond acceptors (Lipinski definition) is 5. The first-order chi connectivity index (χ1) is 13.0. The first kappa shape index (κ1) is 20.1. The van der Waals surface area contributed by atoms with Crippen LogP contribution in [0.3, 0.4) is 0 Å². The Kier molecular flexibility index (Phi) is 6.75. The first-order valence-corrected chi connectivity index (χ1v) is 11.5. The zero-order valence-electron chi connectivity index (χ0n) is 14.8. The summed E-state index contributed by atoms with van der Waals surface area (Å²) in [5.74, 6) is 0.0658. The summed E-state index contributed by atoms with van der Waals surface area (Å²) < 4.78 is 26.9. The van der Waals surface area contributed by atoms with Gasteiger partial charge in [-0.1, -0.05) is 23.7 Å². The minimum Gasteiger partial charge on any atom is -0.368 e. The average molecular weight is 428 g/mol. The van der Waals surface area contributed by atoms with Gasteiger partial charge in [0.25, 0.3) is 0 Å². The molecule has 0 unspecified atom stereocenters. The number of thiophene rings is 1. The summed E-state index contributed by atoms with van der Waals surface area (Å²) in [6.45, 7) is 3.10. The Balaban J connectivity index is 1.40. The van der Waals surface area contributed by atoms with Gasteiger partial charge in [-0.15, -0.1) is 11.3 Å². The number of carbonyl (C=O) groups excluding carboxylic acids is 1. The number of amides is 1. The number of nitrogens with zero attached hydrogens (tertiary/aromatic N) is 2. The summed E-state index contributed by atoms with van der Waals surface area (Å²) in [6, 6.07) is 11.0. The second-order valence-electron chi connectivity index (χ2n) is 6.28. The van der Waals surface area contributed by atoms with Crippen molar-refractivity contribution in [3.05, 3.63) is 46.8 Å². The van der Waals surface area contributed by atoms with Crippen LogP contribution in [0, 0.1) is 0 Å². The highest BCUT2D eigenvalue weighted by Crippen LogP contribution is 2.21. The number of hydrogen-bond donors (Lipinski definition) is 1. The van der Waals surface area contributed by atoms with Crippen LogP contribution >= 0.6 is 22.9 Å². The number of nitrogens with one attached hydrogen (secondary N) is 1. The highest BCUT2D eigenvalue weighted by molar-refractivity contribution is 7.91. The molecule has 2 aromatic rings. The predicted molar refractivity (Wildman–Crippen MR) is 109 cm³/mol. The molecule has 0 bridgehead atoms. The third-order valence-corrected chi connectivity index (χ3v) is 7.52. The molecule has 1 amide bonds. The Bertz CT molecular complexity index is 864. The lowest BCUT2D eigenvalue weighted by molar-refractivity contribution is -0.131. The van der Waals surface area contributed by atoms with Crippen molar-refractivity contribution in [1.82, 2.24) is 9.62 Å². The number of piperazine rings is 1. The van der Waals surface area contributed by atoms with Crippen LogP contribution in [-0.4, -0.2) is 51.9 Å². The summed E-state index contributed by atoms with van der Waals surface area (Å²) >= 11 is 7.22. The van der Waals surface area contributed by atoms with Crippen molar-refractivity contribution in [2.45, 2.75) is 17.1 Å². The number of rotatable bonds is 7. The molecule has 6 nitrogen and oxygen atoms in total. The van der Waals surface area contributed by atoms with E-state index in [4.69, 9.17) is 11.6 Å². The van der Waals surface area contributed by atoms with Gasteiger partial charge >= 0.3 is 0 Å². The highest BCUT2D eigenvalue weighted by Gasteiger charge is 2.21. The molecule has 0 saturated carbocycles.